The standard InChI is InChI=1S/C18H23N3O3S/c1-3-13(4-2)17-20-21-18(25-17)19-16(22)8-6-12-5-7-14-15(11-12)24-10-9-23-14/h5,7,11,13H,3-4,6,8-10H2,1-2H3,(H,19,21,22). The highest BCUT2D eigenvalue weighted by molar-refractivity contribution is 7.15. The molecule has 1 amide bonds. The minimum absolute atomic E-state index is 0.0536. The Labute approximate surface area is 151 Å². The van der Waals surface area contributed by atoms with Crippen molar-refractivity contribution < 1.29 is 14.3 Å². The van der Waals surface area contributed by atoms with Crippen LogP contribution in [0.25, 0.3) is 0 Å². The van der Waals surface area contributed by atoms with Gasteiger partial charge in [-0.2, -0.15) is 0 Å². The molecule has 2 aromatic rings. The van der Waals surface area contributed by atoms with Crippen LogP contribution in [0.5, 0.6) is 11.5 Å². The summed E-state index contributed by atoms with van der Waals surface area (Å²) in [6, 6.07) is 5.81. The number of amides is 1. The lowest BCUT2D eigenvalue weighted by Gasteiger charge is -2.18. The number of rotatable bonds is 7. The monoisotopic (exact) mass is 361 g/mol. The van der Waals surface area contributed by atoms with Gasteiger partial charge in [-0.3, -0.25) is 4.79 Å². The number of hydrogen-bond acceptors (Lipinski definition) is 6. The molecule has 0 aliphatic carbocycles. The van der Waals surface area contributed by atoms with Crippen LogP contribution in [0.1, 0.15) is 49.6 Å². The van der Waals surface area contributed by atoms with Crippen molar-refractivity contribution in [1.82, 2.24) is 10.2 Å². The SMILES string of the molecule is CCC(CC)c1nnc(NC(=O)CCc2ccc3c(c2)OCCO3)s1. The number of benzene rings is 1. The highest BCUT2D eigenvalue weighted by atomic mass is 32.1. The third kappa shape index (κ3) is 4.48. The minimum atomic E-state index is -0.0536. The molecule has 0 atom stereocenters. The van der Waals surface area contributed by atoms with Crippen molar-refractivity contribution in [2.24, 2.45) is 0 Å². The summed E-state index contributed by atoms with van der Waals surface area (Å²) in [4.78, 5) is 12.2. The van der Waals surface area contributed by atoms with Crippen LogP contribution in [-0.4, -0.2) is 29.3 Å². The number of aryl methyl sites for hydroxylation is 1. The Kier molecular flexibility index (Phi) is 5.86. The van der Waals surface area contributed by atoms with E-state index in [1.807, 2.05) is 18.2 Å². The van der Waals surface area contributed by atoms with Gasteiger partial charge < -0.3 is 14.8 Å². The molecule has 134 valence electrons. The fourth-order valence-electron chi connectivity index (χ4n) is 2.77. The zero-order chi connectivity index (χ0) is 17.6. The molecule has 7 heteroatoms. The van der Waals surface area contributed by atoms with Crippen molar-refractivity contribution in [2.75, 3.05) is 18.5 Å². The molecule has 2 heterocycles. The Morgan fingerprint density at radius 2 is 1.96 bits per heavy atom. The number of ether oxygens (including phenoxy) is 2. The Morgan fingerprint density at radius 1 is 1.20 bits per heavy atom. The third-order valence-electron chi connectivity index (χ3n) is 4.27. The summed E-state index contributed by atoms with van der Waals surface area (Å²) < 4.78 is 11.1. The van der Waals surface area contributed by atoms with Crippen LogP contribution in [0.15, 0.2) is 18.2 Å². The molecule has 3 rings (SSSR count). The molecule has 0 spiro atoms. The summed E-state index contributed by atoms with van der Waals surface area (Å²) >= 11 is 1.47. The topological polar surface area (TPSA) is 73.3 Å². The second-order valence-electron chi connectivity index (χ2n) is 5.99. The van der Waals surface area contributed by atoms with E-state index in [4.69, 9.17) is 9.47 Å². The van der Waals surface area contributed by atoms with Crippen LogP contribution in [0.3, 0.4) is 0 Å². The Balaban J connectivity index is 1.53. The van der Waals surface area contributed by atoms with Crippen LogP contribution < -0.4 is 14.8 Å². The first-order chi connectivity index (χ1) is 12.2. The van der Waals surface area contributed by atoms with Gasteiger partial charge in [0.2, 0.25) is 11.0 Å². The Hall–Kier alpha value is -2.15. The average Bonchev–Trinajstić information content (AvgIpc) is 3.09. The number of carbonyl (C=O) groups excluding carboxylic acids is 1. The van der Waals surface area contributed by atoms with Crippen LogP contribution >= 0.6 is 11.3 Å². The summed E-state index contributed by atoms with van der Waals surface area (Å²) in [6.45, 7) is 5.42. The van der Waals surface area contributed by atoms with Crippen LogP contribution in [-0.2, 0) is 11.2 Å². The smallest absolute Gasteiger partial charge is 0.226 e. The van der Waals surface area contributed by atoms with E-state index in [0.29, 0.717) is 37.1 Å². The average molecular weight is 361 g/mol. The van der Waals surface area contributed by atoms with Crippen molar-refractivity contribution in [2.45, 2.75) is 45.4 Å². The summed E-state index contributed by atoms with van der Waals surface area (Å²) in [5.74, 6) is 1.88. The fraction of sp³-hybridized carbons (Fsp3) is 0.500. The van der Waals surface area contributed by atoms with Gasteiger partial charge in [0.05, 0.1) is 0 Å². The maximum Gasteiger partial charge on any atom is 0.226 e. The molecule has 6 nitrogen and oxygen atoms in total. The Morgan fingerprint density at radius 3 is 2.72 bits per heavy atom. The predicted octanol–water partition coefficient (Wildman–Crippen LogP) is 3.78. The quantitative estimate of drug-likeness (QED) is 0.812. The molecule has 1 aromatic heterocycles. The van der Waals surface area contributed by atoms with Gasteiger partial charge in [-0.05, 0) is 37.0 Å². The van der Waals surface area contributed by atoms with Gasteiger partial charge in [-0.1, -0.05) is 31.3 Å². The van der Waals surface area contributed by atoms with Gasteiger partial charge >= 0.3 is 0 Å². The zero-order valence-corrected chi connectivity index (χ0v) is 15.4. The summed E-state index contributed by atoms with van der Waals surface area (Å²) in [7, 11) is 0. The highest BCUT2D eigenvalue weighted by Crippen LogP contribution is 2.31. The van der Waals surface area contributed by atoms with E-state index in [0.717, 1.165) is 34.9 Å². The first-order valence-corrected chi connectivity index (χ1v) is 9.53. The van der Waals surface area contributed by atoms with E-state index in [2.05, 4.69) is 29.4 Å². The van der Waals surface area contributed by atoms with E-state index in [1.165, 1.54) is 11.3 Å². The van der Waals surface area contributed by atoms with E-state index in [1.54, 1.807) is 0 Å². The normalized spacial score (nSPS) is 13.1. The van der Waals surface area contributed by atoms with Crippen molar-refractivity contribution >= 4 is 22.4 Å². The molecule has 0 unspecified atom stereocenters. The molecular formula is C18H23N3O3S. The molecule has 1 aromatic carbocycles. The number of aromatic nitrogens is 2. The summed E-state index contributed by atoms with van der Waals surface area (Å²) in [6.07, 6.45) is 3.09. The molecule has 0 saturated heterocycles. The van der Waals surface area contributed by atoms with Crippen LogP contribution in [0.4, 0.5) is 5.13 Å². The molecule has 0 bridgehead atoms. The first kappa shape index (κ1) is 17.7. The van der Waals surface area contributed by atoms with Crippen molar-refractivity contribution in [3.8, 4) is 11.5 Å². The molecule has 0 fully saturated rings. The molecular weight excluding hydrogens is 338 g/mol. The molecule has 1 aliphatic heterocycles. The molecule has 1 aliphatic rings. The molecule has 0 saturated carbocycles. The van der Waals surface area contributed by atoms with E-state index >= 15 is 0 Å². The number of fused-ring (bicyclic) bond motifs is 1. The highest BCUT2D eigenvalue weighted by Gasteiger charge is 2.15. The van der Waals surface area contributed by atoms with Gasteiger partial charge in [-0.25, -0.2) is 0 Å². The van der Waals surface area contributed by atoms with Gasteiger partial charge in [0.15, 0.2) is 11.5 Å². The maximum absolute atomic E-state index is 12.2. The lowest BCUT2D eigenvalue weighted by Crippen LogP contribution is -2.15. The second-order valence-corrected chi connectivity index (χ2v) is 6.99. The van der Waals surface area contributed by atoms with E-state index in [-0.39, 0.29) is 5.91 Å². The predicted molar refractivity (Wildman–Crippen MR) is 97.6 cm³/mol. The number of nitrogens with zero attached hydrogens (tertiary/aromatic N) is 2. The molecule has 0 radical (unpaired) electrons. The summed E-state index contributed by atoms with van der Waals surface area (Å²) in [5.41, 5.74) is 1.05. The zero-order valence-electron chi connectivity index (χ0n) is 14.6. The lowest BCUT2D eigenvalue weighted by molar-refractivity contribution is -0.116. The summed E-state index contributed by atoms with van der Waals surface area (Å²) in [5, 5.41) is 12.7. The number of anilines is 1. The molecule has 25 heavy (non-hydrogen) atoms. The third-order valence-corrected chi connectivity index (χ3v) is 5.27. The molecule has 1 N–H and O–H groups in total. The Bertz CT molecular complexity index is 728. The maximum atomic E-state index is 12.2. The van der Waals surface area contributed by atoms with Gasteiger partial charge in [0.1, 0.15) is 18.2 Å². The second kappa shape index (κ2) is 8.29. The van der Waals surface area contributed by atoms with Crippen molar-refractivity contribution in [3.63, 3.8) is 0 Å². The van der Waals surface area contributed by atoms with E-state index < -0.39 is 0 Å². The number of hydrogen-bond donors (Lipinski definition) is 1. The van der Waals surface area contributed by atoms with Crippen LogP contribution in [0.2, 0.25) is 0 Å². The van der Waals surface area contributed by atoms with Gasteiger partial charge in [0.25, 0.3) is 0 Å². The van der Waals surface area contributed by atoms with Crippen molar-refractivity contribution in [3.05, 3.63) is 28.8 Å². The number of carbonyl (C=O) groups is 1. The number of nitrogens with one attached hydrogen (secondary N) is 1. The fourth-order valence-corrected chi connectivity index (χ4v) is 3.80. The van der Waals surface area contributed by atoms with Crippen LogP contribution in [0, 0.1) is 0 Å². The lowest BCUT2D eigenvalue weighted by atomic mass is 10.1. The minimum Gasteiger partial charge on any atom is -0.486 e. The van der Waals surface area contributed by atoms with Crippen molar-refractivity contribution in [1.29, 1.82) is 0 Å². The van der Waals surface area contributed by atoms with Gasteiger partial charge in [0, 0.05) is 12.3 Å². The largest absolute Gasteiger partial charge is 0.486 e. The van der Waals surface area contributed by atoms with Gasteiger partial charge in [-0.15, -0.1) is 10.2 Å². The van der Waals surface area contributed by atoms with E-state index in [9.17, 15) is 4.79 Å². The first-order valence-electron chi connectivity index (χ1n) is 8.71.